The molecule has 1 rings (SSSR count). The highest BCUT2D eigenvalue weighted by molar-refractivity contribution is 5.10. The maximum absolute atomic E-state index is 2.43. The van der Waals surface area contributed by atoms with Crippen LogP contribution in [-0.2, 0) is 0 Å². The van der Waals surface area contributed by atoms with Gasteiger partial charge in [0.05, 0.1) is 0 Å². The molecular weight excluding hydrogens is 120 g/mol. The normalized spacial score (nSPS) is 19.3. The lowest BCUT2D eigenvalue weighted by Gasteiger charge is -2.13. The van der Waals surface area contributed by atoms with Crippen molar-refractivity contribution < 1.29 is 0 Å². The predicted molar refractivity (Wildman–Crippen MR) is 45.8 cm³/mol. The highest BCUT2D eigenvalue weighted by atomic mass is 14.1. The average molecular weight is 137 g/mol. The number of hydrogen-bond donors (Lipinski definition) is 0. The lowest BCUT2D eigenvalue weighted by molar-refractivity contribution is 0.677. The Kier molecular flexibility index (Phi) is 2.98. The summed E-state index contributed by atoms with van der Waals surface area (Å²) >= 11 is 0. The van der Waals surface area contributed by atoms with E-state index in [0.29, 0.717) is 0 Å². The van der Waals surface area contributed by atoms with E-state index in [9.17, 15) is 0 Å². The van der Waals surface area contributed by atoms with E-state index in [-0.39, 0.29) is 0 Å². The molecule has 0 nitrogen and oxygen atoms in total. The average Bonchev–Trinajstić information content (AvgIpc) is 1.88. The molecule has 0 spiro atoms. The van der Waals surface area contributed by atoms with Crippen LogP contribution in [0.1, 0.15) is 46.0 Å². The molecule has 1 radical (unpaired) electrons. The van der Waals surface area contributed by atoms with Crippen LogP contribution >= 0.6 is 0 Å². The zero-order valence-corrected chi connectivity index (χ0v) is 7.11. The summed E-state index contributed by atoms with van der Waals surface area (Å²) in [4.78, 5) is 0. The monoisotopic (exact) mass is 137 g/mol. The molecule has 0 N–H and O–H groups in total. The quantitative estimate of drug-likeness (QED) is 0.511. The zero-order valence-electron chi connectivity index (χ0n) is 7.11. The van der Waals surface area contributed by atoms with Crippen molar-refractivity contribution in [3.63, 3.8) is 0 Å². The Morgan fingerprint density at radius 3 is 2.70 bits per heavy atom. The smallest absolute Gasteiger partial charge is 0.0263 e. The molecule has 0 saturated heterocycles. The van der Waals surface area contributed by atoms with Crippen molar-refractivity contribution in [1.82, 2.24) is 0 Å². The molecule has 10 heavy (non-hydrogen) atoms. The Morgan fingerprint density at radius 1 is 1.40 bits per heavy atom. The summed E-state index contributed by atoms with van der Waals surface area (Å²) in [5.41, 5.74) is 1.67. The molecule has 0 saturated carbocycles. The largest absolute Gasteiger partial charge is 0.0853 e. The van der Waals surface area contributed by atoms with Gasteiger partial charge in [-0.3, -0.25) is 0 Å². The SMILES string of the molecule is C[C](C)CC1=CCCCC1. The molecule has 0 unspecified atom stereocenters. The lowest BCUT2D eigenvalue weighted by Crippen LogP contribution is -1.94. The maximum Gasteiger partial charge on any atom is -0.0263 e. The van der Waals surface area contributed by atoms with Crippen molar-refractivity contribution in [1.29, 1.82) is 0 Å². The van der Waals surface area contributed by atoms with Crippen molar-refractivity contribution in [3.8, 4) is 0 Å². The topological polar surface area (TPSA) is 0 Å². The van der Waals surface area contributed by atoms with Crippen molar-refractivity contribution in [2.45, 2.75) is 46.0 Å². The fourth-order valence-corrected chi connectivity index (χ4v) is 1.52. The molecule has 1 aliphatic rings. The first-order valence-electron chi connectivity index (χ1n) is 4.26. The third-order valence-electron chi connectivity index (χ3n) is 1.97. The van der Waals surface area contributed by atoms with Crippen molar-refractivity contribution in [3.05, 3.63) is 17.6 Å². The summed E-state index contributed by atoms with van der Waals surface area (Å²) in [7, 11) is 0. The minimum absolute atomic E-state index is 1.25. The first-order valence-corrected chi connectivity index (χ1v) is 4.26. The number of allylic oxidation sites excluding steroid dienone is 2. The standard InChI is InChI=1S/C10H17/c1-9(2)8-10-6-4-3-5-7-10/h6H,3-5,7-8H2,1-2H3. The third kappa shape index (κ3) is 2.55. The van der Waals surface area contributed by atoms with Crippen LogP contribution in [0.2, 0.25) is 0 Å². The van der Waals surface area contributed by atoms with Gasteiger partial charge < -0.3 is 0 Å². The van der Waals surface area contributed by atoms with Gasteiger partial charge in [0.25, 0.3) is 0 Å². The summed E-state index contributed by atoms with van der Waals surface area (Å²) in [5, 5.41) is 0. The van der Waals surface area contributed by atoms with E-state index in [4.69, 9.17) is 0 Å². The molecule has 57 valence electrons. The van der Waals surface area contributed by atoms with E-state index >= 15 is 0 Å². The molecule has 1 aliphatic carbocycles. The molecule has 0 bridgehead atoms. The summed E-state index contributed by atoms with van der Waals surface area (Å²) in [6.07, 6.45) is 9.18. The molecule has 0 aromatic rings. The minimum Gasteiger partial charge on any atom is -0.0853 e. The first-order chi connectivity index (χ1) is 4.79. The van der Waals surface area contributed by atoms with Gasteiger partial charge in [0, 0.05) is 0 Å². The van der Waals surface area contributed by atoms with E-state index < -0.39 is 0 Å². The second-order valence-corrected chi connectivity index (χ2v) is 3.49. The molecule has 0 heteroatoms. The van der Waals surface area contributed by atoms with E-state index in [1.165, 1.54) is 32.1 Å². The van der Waals surface area contributed by atoms with Gasteiger partial charge in [0.1, 0.15) is 0 Å². The number of hydrogen-bond acceptors (Lipinski definition) is 0. The predicted octanol–water partition coefficient (Wildman–Crippen LogP) is 3.49. The maximum atomic E-state index is 2.43. The van der Waals surface area contributed by atoms with Gasteiger partial charge in [-0.05, 0) is 38.0 Å². The first kappa shape index (κ1) is 7.84. The van der Waals surface area contributed by atoms with Crippen LogP contribution in [0.5, 0.6) is 0 Å². The minimum atomic E-state index is 1.25. The molecule has 0 fully saturated rings. The summed E-state index contributed by atoms with van der Waals surface area (Å²) in [5.74, 6) is 1.55. The zero-order chi connectivity index (χ0) is 7.40. The second kappa shape index (κ2) is 3.80. The second-order valence-electron chi connectivity index (χ2n) is 3.49. The molecule has 0 amide bonds. The van der Waals surface area contributed by atoms with E-state index in [1.54, 1.807) is 11.5 Å². The number of rotatable bonds is 2. The van der Waals surface area contributed by atoms with E-state index in [0.717, 1.165) is 0 Å². The third-order valence-corrected chi connectivity index (χ3v) is 1.97. The molecule has 0 heterocycles. The van der Waals surface area contributed by atoms with E-state index in [2.05, 4.69) is 19.9 Å². The fourth-order valence-electron chi connectivity index (χ4n) is 1.52. The van der Waals surface area contributed by atoms with Gasteiger partial charge >= 0.3 is 0 Å². The highest BCUT2D eigenvalue weighted by Crippen LogP contribution is 2.23. The Morgan fingerprint density at radius 2 is 2.20 bits per heavy atom. The Labute approximate surface area is 64.3 Å². The van der Waals surface area contributed by atoms with Crippen molar-refractivity contribution in [2.75, 3.05) is 0 Å². The van der Waals surface area contributed by atoms with Gasteiger partial charge in [-0.25, -0.2) is 0 Å². The Bertz CT molecular complexity index is 120. The van der Waals surface area contributed by atoms with Gasteiger partial charge in [-0.15, -0.1) is 0 Å². The lowest BCUT2D eigenvalue weighted by atomic mass is 9.93. The molecular formula is C10H17. The van der Waals surface area contributed by atoms with Crippen LogP contribution in [0.25, 0.3) is 0 Å². The Balaban J connectivity index is 2.31. The summed E-state index contributed by atoms with van der Waals surface area (Å²) in [6, 6.07) is 0. The molecule has 0 aromatic carbocycles. The van der Waals surface area contributed by atoms with Crippen LogP contribution in [0.4, 0.5) is 0 Å². The van der Waals surface area contributed by atoms with Crippen molar-refractivity contribution >= 4 is 0 Å². The van der Waals surface area contributed by atoms with Gasteiger partial charge in [0.15, 0.2) is 0 Å². The molecule has 0 aliphatic heterocycles. The van der Waals surface area contributed by atoms with E-state index in [1.807, 2.05) is 0 Å². The van der Waals surface area contributed by atoms with Gasteiger partial charge in [0.2, 0.25) is 0 Å². The molecule has 0 aromatic heterocycles. The van der Waals surface area contributed by atoms with Crippen LogP contribution in [0, 0.1) is 5.92 Å². The van der Waals surface area contributed by atoms with Crippen LogP contribution in [0.3, 0.4) is 0 Å². The highest BCUT2D eigenvalue weighted by Gasteiger charge is 2.04. The Hall–Kier alpha value is -0.260. The van der Waals surface area contributed by atoms with Crippen LogP contribution < -0.4 is 0 Å². The van der Waals surface area contributed by atoms with Gasteiger partial charge in [-0.1, -0.05) is 25.5 Å². The van der Waals surface area contributed by atoms with Crippen LogP contribution in [0.15, 0.2) is 11.6 Å². The summed E-state index contributed by atoms with van der Waals surface area (Å²) in [6.45, 7) is 4.44. The van der Waals surface area contributed by atoms with Gasteiger partial charge in [-0.2, -0.15) is 0 Å². The van der Waals surface area contributed by atoms with Crippen LogP contribution in [-0.4, -0.2) is 0 Å². The summed E-state index contributed by atoms with van der Waals surface area (Å²) < 4.78 is 0. The fraction of sp³-hybridized carbons (Fsp3) is 0.700. The van der Waals surface area contributed by atoms with Crippen molar-refractivity contribution in [2.24, 2.45) is 0 Å². The molecule has 0 atom stereocenters.